The summed E-state index contributed by atoms with van der Waals surface area (Å²) in [6, 6.07) is 10.6. The number of fused-ring (bicyclic) bond motifs is 1. The molecule has 11 heteroatoms. The molecule has 1 saturated carbocycles. The molecule has 1 atom stereocenters. The summed E-state index contributed by atoms with van der Waals surface area (Å²) in [6.07, 6.45) is 2.89. The van der Waals surface area contributed by atoms with Crippen molar-refractivity contribution >= 4 is 31.1 Å². The van der Waals surface area contributed by atoms with E-state index in [1.807, 2.05) is 18.2 Å². The van der Waals surface area contributed by atoms with E-state index in [4.69, 9.17) is 24.0 Å². The molecule has 3 aromatic rings. The number of pyridine rings is 1. The smallest absolute Gasteiger partial charge is 0.407 e. The van der Waals surface area contributed by atoms with Gasteiger partial charge in [0.05, 0.1) is 29.4 Å². The molecule has 45 heavy (non-hydrogen) atoms. The van der Waals surface area contributed by atoms with Gasteiger partial charge in [0, 0.05) is 49.5 Å². The van der Waals surface area contributed by atoms with Crippen molar-refractivity contribution < 1.29 is 23.8 Å². The Morgan fingerprint density at radius 2 is 1.89 bits per heavy atom. The number of rotatable bonds is 12. The lowest BCUT2D eigenvalue weighted by Gasteiger charge is -2.39. The van der Waals surface area contributed by atoms with Crippen molar-refractivity contribution in [2.45, 2.75) is 103 Å². The number of aromatic nitrogens is 3. The highest BCUT2D eigenvalue weighted by Crippen LogP contribution is 2.45. The number of ether oxygens (including phenoxy) is 2. The molecule has 10 nitrogen and oxygen atoms in total. The third kappa shape index (κ3) is 7.81. The Balaban J connectivity index is 1.46. The first-order valence-electron chi connectivity index (χ1n) is 16.4. The van der Waals surface area contributed by atoms with Gasteiger partial charge in [0.25, 0.3) is 0 Å². The van der Waals surface area contributed by atoms with Crippen LogP contribution in [0.2, 0.25) is 18.1 Å². The number of benzene rings is 1. The van der Waals surface area contributed by atoms with Crippen molar-refractivity contribution in [1.29, 1.82) is 0 Å². The Labute approximate surface area is 268 Å². The summed E-state index contributed by atoms with van der Waals surface area (Å²) in [5.41, 5.74) is 4.94. The van der Waals surface area contributed by atoms with Crippen LogP contribution >= 0.6 is 0 Å². The van der Waals surface area contributed by atoms with Crippen molar-refractivity contribution in [3.8, 4) is 17.0 Å². The first-order chi connectivity index (χ1) is 21.2. The third-order valence-electron chi connectivity index (χ3n) is 9.36. The lowest BCUT2D eigenvalue weighted by molar-refractivity contribution is 0.0794. The molecule has 1 aliphatic carbocycles. The van der Waals surface area contributed by atoms with Gasteiger partial charge in [0.15, 0.2) is 14.0 Å². The minimum atomic E-state index is -2.17. The van der Waals surface area contributed by atoms with Crippen LogP contribution in [-0.4, -0.2) is 84.7 Å². The maximum atomic E-state index is 11.6. The van der Waals surface area contributed by atoms with Crippen LogP contribution < -0.4 is 10.1 Å². The fraction of sp³-hybridized carbons (Fsp3) is 0.618. The quantitative estimate of drug-likeness (QED) is 0.196. The molecule has 1 amide bonds. The van der Waals surface area contributed by atoms with Gasteiger partial charge in [-0.25, -0.2) is 14.5 Å². The maximum absolute atomic E-state index is 11.6. The van der Waals surface area contributed by atoms with Crippen LogP contribution in [0.4, 0.5) is 10.5 Å². The summed E-state index contributed by atoms with van der Waals surface area (Å²) in [5.74, 6) is 1.18. The molecule has 1 aliphatic heterocycles. The van der Waals surface area contributed by atoms with Crippen molar-refractivity contribution in [3.05, 3.63) is 36.0 Å². The number of nitrogens with one attached hydrogen (secondary N) is 1. The van der Waals surface area contributed by atoms with Crippen LogP contribution in [0, 0.1) is 0 Å². The number of amides is 1. The van der Waals surface area contributed by atoms with E-state index in [0.717, 1.165) is 59.7 Å². The maximum Gasteiger partial charge on any atom is 0.407 e. The Morgan fingerprint density at radius 1 is 1.18 bits per heavy atom. The number of likely N-dealkylation sites (N-methyl/N-ethyl adjacent to an activating group) is 1. The van der Waals surface area contributed by atoms with E-state index >= 15 is 0 Å². The van der Waals surface area contributed by atoms with E-state index in [2.05, 4.69) is 69.8 Å². The van der Waals surface area contributed by atoms with Gasteiger partial charge in [-0.15, -0.1) is 0 Å². The number of anilines is 1. The highest BCUT2D eigenvalue weighted by atomic mass is 28.4. The minimum absolute atomic E-state index is 0.0183. The summed E-state index contributed by atoms with van der Waals surface area (Å²) in [4.78, 5) is 18.1. The van der Waals surface area contributed by atoms with Gasteiger partial charge in [0.2, 0.25) is 0 Å². The second-order valence-corrected chi connectivity index (χ2v) is 19.2. The van der Waals surface area contributed by atoms with E-state index in [0.29, 0.717) is 17.7 Å². The van der Waals surface area contributed by atoms with Gasteiger partial charge in [-0.3, -0.25) is 0 Å². The summed E-state index contributed by atoms with van der Waals surface area (Å²) < 4.78 is 20.7. The van der Waals surface area contributed by atoms with Crippen molar-refractivity contribution in [2.75, 3.05) is 38.7 Å². The Hall–Kier alpha value is -3.15. The van der Waals surface area contributed by atoms with Crippen LogP contribution in [0.1, 0.15) is 78.0 Å². The monoisotopic (exact) mass is 637 g/mol. The topological polar surface area (TPSA) is 111 Å². The van der Waals surface area contributed by atoms with E-state index in [1.54, 1.807) is 7.05 Å². The zero-order valence-electron chi connectivity index (χ0n) is 28.2. The predicted octanol–water partition coefficient (Wildman–Crippen LogP) is 7.53. The molecule has 2 aliphatic rings. The van der Waals surface area contributed by atoms with E-state index in [1.165, 1.54) is 17.7 Å². The van der Waals surface area contributed by atoms with Crippen molar-refractivity contribution in [2.24, 2.45) is 0 Å². The summed E-state index contributed by atoms with van der Waals surface area (Å²) in [6.45, 7) is 17.2. The van der Waals surface area contributed by atoms with Crippen LogP contribution in [0.25, 0.3) is 22.3 Å². The zero-order valence-corrected chi connectivity index (χ0v) is 29.2. The Kier molecular flexibility index (Phi) is 9.81. The van der Waals surface area contributed by atoms with Crippen LogP contribution in [0.5, 0.6) is 5.75 Å². The van der Waals surface area contributed by atoms with Crippen LogP contribution in [0.3, 0.4) is 0 Å². The second kappa shape index (κ2) is 13.3. The summed E-state index contributed by atoms with van der Waals surface area (Å²) in [5, 5.41) is 19.6. The number of carbonyl (C=O) groups is 1. The predicted molar refractivity (Wildman–Crippen MR) is 181 cm³/mol. The zero-order chi connectivity index (χ0) is 32.5. The Morgan fingerprint density at radius 3 is 2.51 bits per heavy atom. The summed E-state index contributed by atoms with van der Waals surface area (Å²) >= 11 is 0. The largest absolute Gasteiger partial charge is 0.491 e. The lowest BCUT2D eigenvalue weighted by atomic mass is 10.0. The molecule has 0 bridgehead atoms. The normalized spacial score (nSPS) is 17.1. The SMILES string of the molecule is CC(C)n1nc(C2CC2)c2c(NC3CCOCC3)cc(-c3cccc(OCC(CN(C)C(=O)O)O[Si](C)(C)C(C)(C)C)c3)nc21. The molecule has 0 radical (unpaired) electrons. The number of hydrogen-bond acceptors (Lipinski definition) is 7. The van der Waals surface area contributed by atoms with Gasteiger partial charge in [-0.05, 0) is 75.9 Å². The molecule has 246 valence electrons. The highest BCUT2D eigenvalue weighted by molar-refractivity contribution is 6.74. The number of carboxylic acid groups (broad SMARTS) is 1. The highest BCUT2D eigenvalue weighted by Gasteiger charge is 2.40. The fourth-order valence-electron chi connectivity index (χ4n) is 5.52. The molecule has 2 N–H and O–H groups in total. The molecule has 1 saturated heterocycles. The second-order valence-electron chi connectivity index (χ2n) is 14.5. The van der Waals surface area contributed by atoms with Gasteiger partial charge >= 0.3 is 6.09 Å². The summed E-state index contributed by atoms with van der Waals surface area (Å²) in [7, 11) is -0.607. The molecule has 0 spiro atoms. The van der Waals surface area contributed by atoms with Gasteiger partial charge in [0.1, 0.15) is 12.4 Å². The molecule has 2 aromatic heterocycles. The Bertz CT molecular complexity index is 1490. The molecular formula is C34H51N5O5Si. The first-order valence-corrected chi connectivity index (χ1v) is 19.3. The average molecular weight is 638 g/mol. The first kappa shape index (κ1) is 33.2. The molecule has 2 fully saturated rings. The fourth-order valence-corrected chi connectivity index (χ4v) is 6.85. The molecule has 3 heterocycles. The van der Waals surface area contributed by atoms with Crippen molar-refractivity contribution in [3.63, 3.8) is 0 Å². The molecule has 1 unspecified atom stereocenters. The van der Waals surface area contributed by atoms with E-state index in [9.17, 15) is 9.90 Å². The average Bonchev–Trinajstić information content (AvgIpc) is 3.75. The van der Waals surface area contributed by atoms with Crippen LogP contribution in [0.15, 0.2) is 30.3 Å². The van der Waals surface area contributed by atoms with Gasteiger partial charge in [-0.2, -0.15) is 5.10 Å². The van der Waals surface area contributed by atoms with Gasteiger partial charge in [-0.1, -0.05) is 32.9 Å². The van der Waals surface area contributed by atoms with E-state index < -0.39 is 20.5 Å². The van der Waals surface area contributed by atoms with E-state index in [-0.39, 0.29) is 24.2 Å². The third-order valence-corrected chi connectivity index (χ3v) is 13.9. The lowest BCUT2D eigenvalue weighted by Crippen LogP contribution is -2.49. The minimum Gasteiger partial charge on any atom is -0.491 e. The van der Waals surface area contributed by atoms with Crippen molar-refractivity contribution in [1.82, 2.24) is 19.7 Å². The molecule has 5 rings (SSSR count). The molecular weight excluding hydrogens is 586 g/mol. The molecule has 1 aromatic carbocycles. The standard InChI is InChI=1S/C34H51N5O5Si/c1-22(2)39-32-30(31(37-39)23-12-13-23)29(35-25-14-16-42-17-15-25)19-28(36-32)24-10-9-11-26(18-24)43-21-27(20-38(6)33(40)41)44-45(7,8)34(3,4)5/h9-11,18-19,22-23,25,27H,12-17,20-21H2,1-8H3,(H,35,36)(H,40,41). The number of nitrogens with zero attached hydrogens (tertiary/aromatic N) is 4. The van der Waals surface area contributed by atoms with Gasteiger partial charge < -0.3 is 29.2 Å². The van der Waals surface area contributed by atoms with Crippen LogP contribution in [-0.2, 0) is 9.16 Å². The number of hydrogen-bond donors (Lipinski definition) is 2.